The van der Waals surface area contributed by atoms with Crippen molar-refractivity contribution in [2.24, 2.45) is 0 Å². The number of hydrogen-bond donors (Lipinski definition) is 0. The Bertz CT molecular complexity index is 373. The highest BCUT2D eigenvalue weighted by atomic mass is 16.5. The van der Waals surface area contributed by atoms with Gasteiger partial charge in [-0.3, -0.25) is 9.78 Å². The molecule has 1 aromatic rings. The molecular formula is C13H19NO3. The van der Waals surface area contributed by atoms with E-state index in [1.807, 2.05) is 20.8 Å². The Morgan fingerprint density at radius 2 is 2.12 bits per heavy atom. The van der Waals surface area contributed by atoms with E-state index in [0.29, 0.717) is 17.7 Å². The molecule has 0 aromatic carbocycles. The van der Waals surface area contributed by atoms with Crippen molar-refractivity contribution >= 4 is 5.78 Å². The zero-order chi connectivity index (χ0) is 12.8. The van der Waals surface area contributed by atoms with Gasteiger partial charge in [-0.1, -0.05) is 6.92 Å². The first-order valence-electron chi connectivity index (χ1n) is 5.77. The monoisotopic (exact) mass is 237 g/mol. The Hall–Kier alpha value is -1.42. The van der Waals surface area contributed by atoms with Crippen LogP contribution in [0, 0.1) is 0 Å². The lowest BCUT2D eigenvalue weighted by Gasteiger charge is -2.13. The molecule has 0 saturated heterocycles. The molecule has 0 spiro atoms. The Labute approximate surface area is 102 Å². The van der Waals surface area contributed by atoms with Crippen LogP contribution >= 0.6 is 0 Å². The van der Waals surface area contributed by atoms with Crippen molar-refractivity contribution in [1.29, 1.82) is 0 Å². The maximum atomic E-state index is 12.0. The predicted octanol–water partition coefficient (Wildman–Crippen LogP) is 2.48. The molecule has 0 bridgehead atoms. The molecule has 0 N–H and O–H groups in total. The van der Waals surface area contributed by atoms with Crippen LogP contribution in [-0.2, 0) is 4.74 Å². The Morgan fingerprint density at radius 3 is 2.65 bits per heavy atom. The minimum atomic E-state index is -0.411. The van der Waals surface area contributed by atoms with Crippen molar-refractivity contribution in [2.75, 3.05) is 7.11 Å². The van der Waals surface area contributed by atoms with Crippen molar-refractivity contribution < 1.29 is 14.3 Å². The quantitative estimate of drug-likeness (QED) is 0.713. The van der Waals surface area contributed by atoms with Crippen molar-refractivity contribution in [3.63, 3.8) is 0 Å². The highest BCUT2D eigenvalue weighted by Crippen LogP contribution is 2.15. The van der Waals surface area contributed by atoms with E-state index in [1.54, 1.807) is 12.3 Å². The third kappa shape index (κ3) is 3.82. The number of ether oxygens (including phenoxy) is 2. The number of aromatic nitrogens is 1. The van der Waals surface area contributed by atoms with Crippen LogP contribution in [0.1, 0.15) is 37.6 Å². The topological polar surface area (TPSA) is 48.4 Å². The zero-order valence-electron chi connectivity index (χ0n) is 10.8. The lowest BCUT2D eigenvalue weighted by Crippen LogP contribution is -2.22. The lowest BCUT2D eigenvalue weighted by atomic mass is 10.1. The number of rotatable bonds is 6. The van der Waals surface area contributed by atoms with Gasteiger partial charge in [0.1, 0.15) is 11.9 Å². The van der Waals surface area contributed by atoms with Gasteiger partial charge in [0.25, 0.3) is 0 Å². The number of carbonyl (C=O) groups excluding carboxylic acids is 1. The number of methoxy groups -OCH3 is 1. The van der Waals surface area contributed by atoms with Gasteiger partial charge >= 0.3 is 0 Å². The minimum Gasteiger partial charge on any atom is -0.489 e. The predicted molar refractivity (Wildman–Crippen MR) is 65.4 cm³/mol. The van der Waals surface area contributed by atoms with Crippen LogP contribution in [0.25, 0.3) is 0 Å². The van der Waals surface area contributed by atoms with E-state index >= 15 is 0 Å². The summed E-state index contributed by atoms with van der Waals surface area (Å²) in [5.41, 5.74) is 0.525. The third-order valence-electron chi connectivity index (χ3n) is 2.32. The van der Waals surface area contributed by atoms with E-state index in [1.165, 1.54) is 13.3 Å². The van der Waals surface area contributed by atoms with Crippen LogP contribution in [0.2, 0.25) is 0 Å². The second-order valence-corrected chi connectivity index (χ2v) is 4.07. The van der Waals surface area contributed by atoms with E-state index in [0.717, 1.165) is 0 Å². The van der Waals surface area contributed by atoms with E-state index in [-0.39, 0.29) is 11.9 Å². The van der Waals surface area contributed by atoms with E-state index < -0.39 is 6.10 Å². The molecule has 94 valence electrons. The van der Waals surface area contributed by atoms with E-state index in [2.05, 4.69) is 4.98 Å². The molecule has 4 heteroatoms. The molecular weight excluding hydrogens is 218 g/mol. The van der Waals surface area contributed by atoms with Gasteiger partial charge in [-0.2, -0.15) is 0 Å². The second kappa shape index (κ2) is 6.35. The van der Waals surface area contributed by atoms with Gasteiger partial charge < -0.3 is 9.47 Å². The fraction of sp³-hybridized carbons (Fsp3) is 0.538. The fourth-order valence-corrected chi connectivity index (χ4v) is 1.54. The van der Waals surface area contributed by atoms with Gasteiger partial charge in [-0.25, -0.2) is 0 Å². The zero-order valence-corrected chi connectivity index (χ0v) is 10.8. The molecule has 0 aliphatic heterocycles. The SMILES string of the molecule is CCC(OC)C(=O)c1cncc(OC(C)C)c1. The van der Waals surface area contributed by atoms with Crippen molar-refractivity contribution in [3.05, 3.63) is 24.0 Å². The molecule has 0 aliphatic carbocycles. The molecule has 0 aliphatic rings. The molecule has 1 aromatic heterocycles. The number of Topliss-reactive ketones (excluding diaryl/α,β-unsaturated/α-hetero) is 1. The Kier molecular flexibility index (Phi) is 5.10. The smallest absolute Gasteiger partial charge is 0.193 e. The molecule has 0 fully saturated rings. The largest absolute Gasteiger partial charge is 0.489 e. The molecule has 1 rings (SSSR count). The van der Waals surface area contributed by atoms with Crippen LogP contribution in [0.15, 0.2) is 18.5 Å². The van der Waals surface area contributed by atoms with Crippen LogP contribution in [0.4, 0.5) is 0 Å². The summed E-state index contributed by atoms with van der Waals surface area (Å²) in [6.45, 7) is 5.77. The normalized spacial score (nSPS) is 12.5. The molecule has 1 unspecified atom stereocenters. The minimum absolute atomic E-state index is 0.0586. The van der Waals surface area contributed by atoms with Crippen LogP contribution < -0.4 is 4.74 Å². The number of carbonyl (C=O) groups is 1. The van der Waals surface area contributed by atoms with Crippen LogP contribution in [0.5, 0.6) is 5.75 Å². The van der Waals surface area contributed by atoms with Gasteiger partial charge in [0.2, 0.25) is 0 Å². The van der Waals surface area contributed by atoms with Crippen molar-refractivity contribution in [2.45, 2.75) is 39.4 Å². The molecule has 0 radical (unpaired) electrons. The van der Waals surface area contributed by atoms with Gasteiger partial charge in [0.05, 0.1) is 12.3 Å². The second-order valence-electron chi connectivity index (χ2n) is 4.07. The Morgan fingerprint density at radius 1 is 1.41 bits per heavy atom. The number of hydrogen-bond acceptors (Lipinski definition) is 4. The van der Waals surface area contributed by atoms with Gasteiger partial charge in [0.15, 0.2) is 5.78 Å². The van der Waals surface area contributed by atoms with Gasteiger partial charge in [-0.05, 0) is 26.3 Å². The van der Waals surface area contributed by atoms with E-state index in [9.17, 15) is 4.79 Å². The Balaban J connectivity index is 2.87. The number of ketones is 1. The summed E-state index contributed by atoms with van der Waals surface area (Å²) in [5, 5.41) is 0. The summed E-state index contributed by atoms with van der Waals surface area (Å²) in [7, 11) is 1.54. The number of pyridine rings is 1. The van der Waals surface area contributed by atoms with Gasteiger partial charge in [0, 0.05) is 18.9 Å². The summed E-state index contributed by atoms with van der Waals surface area (Å²) in [6.07, 6.45) is 3.43. The summed E-state index contributed by atoms with van der Waals surface area (Å²) in [6, 6.07) is 1.71. The van der Waals surface area contributed by atoms with Crippen molar-refractivity contribution in [3.8, 4) is 5.75 Å². The average Bonchev–Trinajstić information content (AvgIpc) is 2.30. The average molecular weight is 237 g/mol. The molecule has 1 heterocycles. The molecule has 0 amide bonds. The lowest BCUT2D eigenvalue weighted by molar-refractivity contribution is 0.0594. The van der Waals surface area contributed by atoms with Gasteiger partial charge in [-0.15, -0.1) is 0 Å². The first-order chi connectivity index (χ1) is 8.08. The summed E-state index contributed by atoms with van der Waals surface area (Å²) in [5.74, 6) is 0.550. The number of nitrogens with zero attached hydrogens (tertiary/aromatic N) is 1. The maximum Gasteiger partial charge on any atom is 0.193 e. The summed E-state index contributed by atoms with van der Waals surface area (Å²) in [4.78, 5) is 16.0. The highest BCUT2D eigenvalue weighted by Gasteiger charge is 2.18. The molecule has 1 atom stereocenters. The van der Waals surface area contributed by atoms with Crippen LogP contribution in [0.3, 0.4) is 0 Å². The highest BCUT2D eigenvalue weighted by molar-refractivity contribution is 5.99. The van der Waals surface area contributed by atoms with E-state index in [4.69, 9.17) is 9.47 Å². The first kappa shape index (κ1) is 13.6. The molecule has 4 nitrogen and oxygen atoms in total. The molecule has 17 heavy (non-hydrogen) atoms. The summed E-state index contributed by atoms with van der Waals surface area (Å²) >= 11 is 0. The maximum absolute atomic E-state index is 12.0. The standard InChI is InChI=1S/C13H19NO3/c1-5-12(16-4)13(15)10-6-11(8-14-7-10)17-9(2)3/h6-9,12H,5H2,1-4H3. The first-order valence-corrected chi connectivity index (χ1v) is 5.77. The van der Waals surface area contributed by atoms with Crippen molar-refractivity contribution in [1.82, 2.24) is 4.98 Å². The van der Waals surface area contributed by atoms with Crippen LogP contribution in [-0.4, -0.2) is 30.1 Å². The molecule has 0 saturated carbocycles. The summed E-state index contributed by atoms with van der Waals surface area (Å²) < 4.78 is 10.6. The fourth-order valence-electron chi connectivity index (χ4n) is 1.54. The third-order valence-corrected chi connectivity index (χ3v) is 2.32.